The van der Waals surface area contributed by atoms with Gasteiger partial charge in [0.15, 0.2) is 0 Å². The molecule has 5 nitrogen and oxygen atoms in total. The highest BCUT2D eigenvalue weighted by Crippen LogP contribution is 2.31. The molecule has 20 heavy (non-hydrogen) atoms. The Morgan fingerprint density at radius 3 is 2.75 bits per heavy atom. The van der Waals surface area contributed by atoms with Crippen LogP contribution in [-0.2, 0) is 0 Å². The van der Waals surface area contributed by atoms with Crippen molar-refractivity contribution in [3.05, 3.63) is 40.4 Å². The molecule has 0 atom stereocenters. The quantitative estimate of drug-likeness (QED) is 0.940. The molecule has 1 N–H and O–H groups in total. The molecule has 0 aliphatic carbocycles. The number of nitrogens with one attached hydrogen (secondary N) is 1. The predicted octanol–water partition coefficient (Wildman–Crippen LogP) is 3.20. The number of ether oxygens (including phenoxy) is 1. The van der Waals surface area contributed by atoms with E-state index in [1.54, 1.807) is 6.92 Å². The third-order valence-electron chi connectivity index (χ3n) is 2.65. The lowest BCUT2D eigenvalue weighted by atomic mass is 10.2. The van der Waals surface area contributed by atoms with Crippen LogP contribution < -0.4 is 10.1 Å². The Morgan fingerprint density at radius 2 is 2.15 bits per heavy atom. The molecule has 0 amide bonds. The normalized spacial score (nSPS) is 9.95. The lowest BCUT2D eigenvalue weighted by Crippen LogP contribution is -2.02. The van der Waals surface area contributed by atoms with Gasteiger partial charge in [-0.3, -0.25) is 0 Å². The lowest BCUT2D eigenvalue weighted by Gasteiger charge is -2.12. The number of hydrogen-bond acceptors (Lipinski definition) is 5. The zero-order valence-electron chi connectivity index (χ0n) is 10.7. The van der Waals surface area contributed by atoms with Gasteiger partial charge in [-0.15, -0.1) is 0 Å². The van der Waals surface area contributed by atoms with Crippen molar-refractivity contribution in [1.82, 2.24) is 9.97 Å². The van der Waals surface area contributed by atoms with Gasteiger partial charge in [-0.25, -0.2) is 14.4 Å². The van der Waals surface area contributed by atoms with Crippen molar-refractivity contribution in [3.63, 3.8) is 0 Å². The van der Waals surface area contributed by atoms with Gasteiger partial charge in [-0.05, 0) is 19.1 Å². The highest BCUT2D eigenvalue weighted by Gasteiger charge is 2.13. The fourth-order valence-electron chi connectivity index (χ4n) is 1.64. The second kappa shape index (κ2) is 5.72. The molecule has 0 unspecified atom stereocenters. The van der Waals surface area contributed by atoms with E-state index in [-0.39, 0.29) is 16.3 Å². The van der Waals surface area contributed by atoms with Crippen LogP contribution in [0.3, 0.4) is 0 Å². The highest BCUT2D eigenvalue weighted by atomic mass is 35.5. The van der Waals surface area contributed by atoms with Gasteiger partial charge in [-0.1, -0.05) is 11.6 Å². The summed E-state index contributed by atoms with van der Waals surface area (Å²) >= 11 is 5.96. The summed E-state index contributed by atoms with van der Waals surface area (Å²) in [5.41, 5.74) is 0.819. The smallest absolute Gasteiger partial charge is 0.221 e. The van der Waals surface area contributed by atoms with Crippen molar-refractivity contribution in [3.8, 4) is 11.9 Å². The first kappa shape index (κ1) is 14.0. The van der Waals surface area contributed by atoms with E-state index in [4.69, 9.17) is 21.6 Å². The fraction of sp³-hybridized carbons (Fsp3) is 0.154. The molecule has 1 aromatic heterocycles. The van der Waals surface area contributed by atoms with Crippen LogP contribution >= 0.6 is 11.6 Å². The first-order valence-corrected chi connectivity index (χ1v) is 5.96. The van der Waals surface area contributed by atoms with Gasteiger partial charge in [-0.2, -0.15) is 5.26 Å². The lowest BCUT2D eigenvalue weighted by molar-refractivity contribution is 0.394. The van der Waals surface area contributed by atoms with Gasteiger partial charge in [0.25, 0.3) is 0 Å². The molecule has 0 radical (unpaired) electrons. The molecule has 102 valence electrons. The highest BCUT2D eigenvalue weighted by molar-refractivity contribution is 6.33. The van der Waals surface area contributed by atoms with Gasteiger partial charge in [0.1, 0.15) is 18.0 Å². The number of rotatable bonds is 3. The second-order valence-electron chi connectivity index (χ2n) is 3.91. The third-order valence-corrected chi connectivity index (χ3v) is 2.94. The van der Waals surface area contributed by atoms with Crippen molar-refractivity contribution in [2.45, 2.75) is 6.92 Å². The molecule has 0 fully saturated rings. The Kier molecular flexibility index (Phi) is 4.01. The van der Waals surface area contributed by atoms with Crippen LogP contribution in [0.4, 0.5) is 15.9 Å². The fourth-order valence-corrected chi connectivity index (χ4v) is 1.90. The maximum absolute atomic E-state index is 13.9. The van der Waals surface area contributed by atoms with Crippen LogP contribution in [0.25, 0.3) is 0 Å². The van der Waals surface area contributed by atoms with Crippen molar-refractivity contribution >= 4 is 23.1 Å². The maximum Gasteiger partial charge on any atom is 0.221 e. The number of anilines is 2. The minimum Gasteiger partial charge on any atom is -0.481 e. The Bertz CT molecular complexity index is 676. The number of nitriles is 1. The van der Waals surface area contributed by atoms with Crippen LogP contribution in [0, 0.1) is 24.1 Å². The van der Waals surface area contributed by atoms with Crippen molar-refractivity contribution in [1.29, 1.82) is 5.26 Å². The second-order valence-corrected chi connectivity index (χ2v) is 4.32. The predicted molar refractivity (Wildman–Crippen MR) is 72.7 cm³/mol. The zero-order valence-corrected chi connectivity index (χ0v) is 11.5. The van der Waals surface area contributed by atoms with Crippen LogP contribution in [-0.4, -0.2) is 17.1 Å². The van der Waals surface area contributed by atoms with Crippen LogP contribution in [0.2, 0.25) is 5.02 Å². The van der Waals surface area contributed by atoms with E-state index in [0.29, 0.717) is 17.3 Å². The van der Waals surface area contributed by atoms with E-state index in [1.165, 1.54) is 19.5 Å². The van der Waals surface area contributed by atoms with Gasteiger partial charge in [0.05, 0.1) is 35.0 Å². The van der Waals surface area contributed by atoms with E-state index < -0.39 is 5.82 Å². The van der Waals surface area contributed by atoms with E-state index in [2.05, 4.69) is 15.3 Å². The number of methoxy groups -OCH3 is 1. The summed E-state index contributed by atoms with van der Waals surface area (Å²) in [5.74, 6) is 0.126. The first-order valence-electron chi connectivity index (χ1n) is 5.58. The molecular formula is C13H10ClFN4O. The van der Waals surface area contributed by atoms with Crippen molar-refractivity contribution < 1.29 is 9.13 Å². The maximum atomic E-state index is 13.9. The first-order chi connectivity index (χ1) is 9.56. The molecule has 2 aromatic rings. The minimum atomic E-state index is -0.633. The summed E-state index contributed by atoms with van der Waals surface area (Å²) in [5, 5.41) is 11.6. The molecule has 0 saturated carbocycles. The molecule has 7 heteroatoms. The van der Waals surface area contributed by atoms with E-state index in [0.717, 1.165) is 6.07 Å². The average Bonchev–Trinajstić information content (AvgIpc) is 2.44. The Hall–Kier alpha value is -2.39. The van der Waals surface area contributed by atoms with Crippen LogP contribution in [0.15, 0.2) is 18.5 Å². The summed E-state index contributed by atoms with van der Waals surface area (Å²) in [6, 6.07) is 4.31. The summed E-state index contributed by atoms with van der Waals surface area (Å²) in [6.07, 6.45) is 1.30. The third kappa shape index (κ3) is 2.63. The van der Waals surface area contributed by atoms with Crippen molar-refractivity contribution in [2.75, 3.05) is 12.4 Å². The molecule has 0 aliphatic rings. The SMILES string of the molecule is COc1ncnc(Nc2c(F)cc(C#N)cc2Cl)c1C. The van der Waals surface area contributed by atoms with Gasteiger partial charge in [0.2, 0.25) is 5.88 Å². The summed E-state index contributed by atoms with van der Waals surface area (Å²) < 4.78 is 19.0. The van der Waals surface area contributed by atoms with E-state index >= 15 is 0 Å². The van der Waals surface area contributed by atoms with Crippen molar-refractivity contribution in [2.24, 2.45) is 0 Å². The number of halogens is 2. The van der Waals surface area contributed by atoms with E-state index in [9.17, 15) is 4.39 Å². The largest absolute Gasteiger partial charge is 0.481 e. The Balaban J connectivity index is 2.43. The Labute approximate surface area is 120 Å². The van der Waals surface area contributed by atoms with Gasteiger partial charge < -0.3 is 10.1 Å². The summed E-state index contributed by atoms with van der Waals surface area (Å²) in [6.45, 7) is 1.73. The monoisotopic (exact) mass is 292 g/mol. The summed E-state index contributed by atoms with van der Waals surface area (Å²) in [7, 11) is 1.48. The zero-order chi connectivity index (χ0) is 14.7. The number of hydrogen-bond donors (Lipinski definition) is 1. The summed E-state index contributed by atoms with van der Waals surface area (Å²) in [4.78, 5) is 7.94. The number of benzene rings is 1. The topological polar surface area (TPSA) is 70.8 Å². The number of nitrogens with zero attached hydrogens (tertiary/aromatic N) is 3. The molecule has 0 spiro atoms. The molecule has 0 bridgehead atoms. The molecule has 1 heterocycles. The van der Waals surface area contributed by atoms with Crippen LogP contribution in [0.1, 0.15) is 11.1 Å². The Morgan fingerprint density at radius 1 is 1.40 bits per heavy atom. The molecule has 0 saturated heterocycles. The number of aromatic nitrogens is 2. The minimum absolute atomic E-state index is 0.0505. The van der Waals surface area contributed by atoms with Gasteiger partial charge >= 0.3 is 0 Å². The molecule has 0 aliphatic heterocycles. The van der Waals surface area contributed by atoms with Gasteiger partial charge in [0, 0.05) is 0 Å². The standard InChI is InChI=1S/C13H10ClFN4O/c1-7-12(17-6-18-13(7)20-2)19-11-9(14)3-8(5-16)4-10(11)15/h3-4,6H,1-2H3,(H,17,18,19). The molecule has 2 rings (SSSR count). The molecule has 1 aromatic carbocycles. The van der Waals surface area contributed by atoms with Crippen LogP contribution in [0.5, 0.6) is 5.88 Å². The van der Waals surface area contributed by atoms with E-state index in [1.807, 2.05) is 6.07 Å². The average molecular weight is 293 g/mol. The molecular weight excluding hydrogens is 283 g/mol.